The first-order valence-corrected chi connectivity index (χ1v) is 18.0. The van der Waals surface area contributed by atoms with Crippen LogP contribution >= 0.6 is 48.9 Å². The fraction of sp³-hybridized carbons (Fsp3) is 0.857. The van der Waals surface area contributed by atoms with Gasteiger partial charge >= 0.3 is 34.1 Å². The maximum atomic E-state index is 4.98. The maximum Gasteiger partial charge on any atom is 2.00 e. The van der Waals surface area contributed by atoms with Crippen molar-refractivity contribution in [3.8, 4) is 0 Å². The molecule has 2 radical (unpaired) electrons. The second-order valence-corrected chi connectivity index (χ2v) is 12.9. The molecule has 0 aromatic carbocycles. The van der Waals surface area contributed by atoms with Crippen LogP contribution in [-0.4, -0.2) is 89.2 Å². The molecule has 0 rings (SSSR count). The summed E-state index contributed by atoms with van der Waals surface area (Å²) in [4.78, 5) is 8.20. The SMILES string of the molecule is CCCCN(CCCC)C(=S)[S-].CCCCN(CCCC)C(=S)[S-].CCN(CC)C(=S)[S-].CCN(CC)C(=S)[S-].[Cu+2].[Cu+2]. The third-order valence-corrected chi connectivity index (χ3v) is 7.75. The van der Waals surface area contributed by atoms with Crippen LogP contribution < -0.4 is 0 Å². The largest absolute Gasteiger partial charge is 2.00 e. The average molecular weight is 832 g/mol. The van der Waals surface area contributed by atoms with Crippen molar-refractivity contribution < 1.29 is 34.1 Å². The number of thiocarbonyl (C=S) groups is 4. The average Bonchev–Trinajstić information content (AvgIpc) is 2.90. The topological polar surface area (TPSA) is 13.0 Å². The van der Waals surface area contributed by atoms with Gasteiger partial charge in [-0.3, -0.25) is 0 Å². The minimum atomic E-state index is 0. The van der Waals surface area contributed by atoms with Gasteiger partial charge in [0, 0.05) is 52.4 Å². The van der Waals surface area contributed by atoms with Gasteiger partial charge in [0.05, 0.1) is 0 Å². The van der Waals surface area contributed by atoms with Crippen molar-refractivity contribution in [2.45, 2.75) is 107 Å². The summed E-state index contributed by atoms with van der Waals surface area (Å²) in [7, 11) is 0. The van der Waals surface area contributed by atoms with E-state index in [4.69, 9.17) is 99.4 Å². The molecule has 0 aromatic rings. The van der Waals surface area contributed by atoms with Gasteiger partial charge in [0.1, 0.15) is 0 Å². The number of hydrogen-bond acceptors (Lipinski definition) is 8. The van der Waals surface area contributed by atoms with Crippen LogP contribution in [0, 0.1) is 0 Å². The monoisotopic (exact) mass is 830 g/mol. The van der Waals surface area contributed by atoms with Gasteiger partial charge in [-0.15, -0.1) is 0 Å². The van der Waals surface area contributed by atoms with Crippen LogP contribution in [-0.2, 0) is 84.7 Å². The van der Waals surface area contributed by atoms with Gasteiger partial charge in [-0.25, -0.2) is 0 Å². The molecule has 42 heavy (non-hydrogen) atoms. The van der Waals surface area contributed by atoms with E-state index in [2.05, 4.69) is 37.5 Å². The van der Waals surface area contributed by atoms with E-state index >= 15 is 0 Å². The van der Waals surface area contributed by atoms with Crippen LogP contribution in [0.25, 0.3) is 0 Å². The third-order valence-electron chi connectivity index (χ3n) is 5.69. The first-order chi connectivity index (χ1) is 18.9. The quantitative estimate of drug-likeness (QED) is 0.0859. The van der Waals surface area contributed by atoms with E-state index in [0.717, 1.165) is 52.4 Å². The van der Waals surface area contributed by atoms with Gasteiger partial charge in [-0.1, -0.05) is 70.7 Å². The molecule has 0 fully saturated rings. The van der Waals surface area contributed by atoms with Crippen molar-refractivity contribution in [1.29, 1.82) is 0 Å². The normalized spacial score (nSPS) is 8.95. The molecule has 0 heterocycles. The third kappa shape index (κ3) is 39.5. The fourth-order valence-electron chi connectivity index (χ4n) is 2.95. The Morgan fingerprint density at radius 3 is 0.619 bits per heavy atom. The standard InChI is InChI=1S/2C9H19NS2.2C5H11NS2.2Cu/c2*1-3-5-7-10(9(11)12)8-6-4-2;2*1-3-6(4-2)5(7)8;;/h2*3-8H2,1-2H3,(H,11,12);2*3-4H2,1-2H3,(H,7,8);;/q;;;;2*+2/p-4. The van der Waals surface area contributed by atoms with Crippen LogP contribution in [0.15, 0.2) is 0 Å². The Balaban J connectivity index is -0.000000103. The molecule has 0 aliphatic heterocycles. The van der Waals surface area contributed by atoms with Crippen molar-refractivity contribution in [3.05, 3.63) is 0 Å². The van der Waals surface area contributed by atoms with E-state index in [9.17, 15) is 0 Å². The second kappa shape index (κ2) is 42.5. The molecule has 0 amide bonds. The second-order valence-electron chi connectivity index (χ2n) is 8.80. The Kier molecular flexibility index (Phi) is 56.5. The minimum Gasteiger partial charge on any atom is -0.411 e. The summed E-state index contributed by atoms with van der Waals surface area (Å²) in [6.07, 6.45) is 9.62. The number of nitrogens with zero attached hydrogens (tertiary/aromatic N) is 4. The van der Waals surface area contributed by atoms with E-state index in [1.807, 2.05) is 37.5 Å². The summed E-state index contributed by atoms with van der Waals surface area (Å²) >= 11 is 39.0. The van der Waals surface area contributed by atoms with Crippen LogP contribution in [0.1, 0.15) is 107 Å². The van der Waals surface area contributed by atoms with E-state index < -0.39 is 0 Å². The molecule has 0 atom stereocenters. The summed E-state index contributed by atoms with van der Waals surface area (Å²) in [6, 6.07) is 0. The van der Waals surface area contributed by atoms with Crippen molar-refractivity contribution in [3.63, 3.8) is 0 Å². The molecule has 14 heteroatoms. The fourth-order valence-corrected chi connectivity index (χ4v) is 4.71. The molecule has 0 N–H and O–H groups in total. The van der Waals surface area contributed by atoms with Crippen LogP contribution in [0.4, 0.5) is 0 Å². The molecular formula is C28H56Cu2N4S8. The zero-order valence-corrected chi connectivity index (χ0v) is 35.4. The van der Waals surface area contributed by atoms with Crippen LogP contribution in [0.2, 0.25) is 0 Å². The van der Waals surface area contributed by atoms with Crippen LogP contribution in [0.5, 0.6) is 0 Å². The van der Waals surface area contributed by atoms with E-state index in [1.165, 1.54) is 51.4 Å². The van der Waals surface area contributed by atoms with Gasteiger partial charge < -0.3 is 119 Å². The van der Waals surface area contributed by atoms with Gasteiger partial charge in [-0.2, -0.15) is 0 Å². The summed E-state index contributed by atoms with van der Waals surface area (Å²) in [6.45, 7) is 24.8. The van der Waals surface area contributed by atoms with Crippen molar-refractivity contribution in [2.24, 2.45) is 0 Å². The molecule has 0 saturated carbocycles. The summed E-state index contributed by atoms with van der Waals surface area (Å²) in [5.41, 5.74) is 0. The van der Waals surface area contributed by atoms with Gasteiger partial charge in [0.2, 0.25) is 0 Å². The maximum absolute atomic E-state index is 4.98. The van der Waals surface area contributed by atoms with Crippen molar-refractivity contribution in [1.82, 2.24) is 19.6 Å². The molecule has 4 nitrogen and oxygen atoms in total. The Bertz CT molecular complexity index is 559. The van der Waals surface area contributed by atoms with E-state index in [1.54, 1.807) is 0 Å². The summed E-state index contributed by atoms with van der Waals surface area (Å²) < 4.78 is 2.43. The molecule has 0 unspecified atom stereocenters. The Morgan fingerprint density at radius 1 is 0.381 bits per heavy atom. The summed E-state index contributed by atoms with van der Waals surface area (Å²) in [5.74, 6) is 0. The predicted octanol–water partition coefficient (Wildman–Crippen LogP) is 7.76. The molecule has 0 aliphatic rings. The molecule has 258 valence electrons. The number of unbranched alkanes of at least 4 members (excludes halogenated alkanes) is 4. The van der Waals surface area contributed by atoms with Gasteiger partial charge in [0.25, 0.3) is 0 Å². The minimum absolute atomic E-state index is 0. The molecular weight excluding hydrogens is 776 g/mol. The van der Waals surface area contributed by atoms with Gasteiger partial charge in [-0.05, 0) is 53.4 Å². The number of hydrogen-bond donors (Lipinski definition) is 0. The molecule has 0 spiro atoms. The molecule has 0 aromatic heterocycles. The van der Waals surface area contributed by atoms with Crippen LogP contribution in [0.3, 0.4) is 0 Å². The Labute approximate surface area is 326 Å². The molecule has 0 saturated heterocycles. The predicted molar refractivity (Wildman–Crippen MR) is 208 cm³/mol. The zero-order valence-electron chi connectivity index (χ0n) is 27.0. The van der Waals surface area contributed by atoms with Gasteiger partial charge in [0.15, 0.2) is 0 Å². The van der Waals surface area contributed by atoms with E-state index in [0.29, 0.717) is 17.3 Å². The smallest absolute Gasteiger partial charge is 0.411 e. The van der Waals surface area contributed by atoms with E-state index in [-0.39, 0.29) is 34.1 Å². The molecule has 0 aliphatic carbocycles. The Morgan fingerprint density at radius 2 is 0.548 bits per heavy atom. The first-order valence-electron chi connectivity index (χ1n) is 14.7. The van der Waals surface area contributed by atoms with Crippen molar-refractivity contribution in [2.75, 3.05) is 52.4 Å². The number of rotatable bonds is 16. The van der Waals surface area contributed by atoms with Crippen molar-refractivity contribution >= 4 is 117 Å². The first kappa shape index (κ1) is 55.9. The zero-order chi connectivity index (χ0) is 31.9. The Hall–Kier alpha value is 1.48. The summed E-state index contributed by atoms with van der Waals surface area (Å²) in [5, 5.41) is 0. The molecule has 0 bridgehead atoms.